The number of para-hydroxylation sites is 1. The number of ether oxygens (including phenoxy) is 1. The van der Waals surface area contributed by atoms with Gasteiger partial charge in [-0.15, -0.1) is 5.10 Å². The Kier molecular flexibility index (Phi) is 1.81. The van der Waals surface area contributed by atoms with Gasteiger partial charge in [0.2, 0.25) is 5.88 Å². The van der Waals surface area contributed by atoms with E-state index in [1.165, 1.54) is 13.2 Å². The van der Waals surface area contributed by atoms with E-state index in [0.717, 1.165) is 0 Å². The van der Waals surface area contributed by atoms with Crippen LogP contribution in [0.25, 0.3) is 10.9 Å². The van der Waals surface area contributed by atoms with Crippen molar-refractivity contribution in [3.63, 3.8) is 0 Å². The molecule has 0 atom stereocenters. The normalized spacial score (nSPS) is 10.4. The van der Waals surface area contributed by atoms with Crippen molar-refractivity contribution in [3.8, 4) is 5.88 Å². The van der Waals surface area contributed by atoms with E-state index in [1.807, 2.05) is 0 Å². The Hall–Kier alpha value is -2.11. The fourth-order valence-electron chi connectivity index (χ4n) is 1.31. The Morgan fingerprint density at radius 3 is 3.00 bits per heavy atom. The summed E-state index contributed by atoms with van der Waals surface area (Å²) >= 11 is 0. The second-order valence-electron chi connectivity index (χ2n) is 2.69. The van der Waals surface area contributed by atoms with Crippen molar-refractivity contribution in [1.29, 1.82) is 0 Å². The molecule has 0 aliphatic rings. The summed E-state index contributed by atoms with van der Waals surface area (Å²) in [6.07, 6.45) is 0. The molecule has 0 unspecified atom stereocenters. The lowest BCUT2D eigenvalue weighted by atomic mass is 10.2. The highest BCUT2D eigenvalue weighted by atomic mass is 16.6. The van der Waals surface area contributed by atoms with Crippen LogP contribution in [-0.4, -0.2) is 22.2 Å². The molecule has 0 amide bonds. The summed E-state index contributed by atoms with van der Waals surface area (Å²) in [6.45, 7) is 0. The van der Waals surface area contributed by atoms with Crippen molar-refractivity contribution >= 4 is 16.6 Å². The van der Waals surface area contributed by atoms with Crippen LogP contribution in [0.4, 0.5) is 5.69 Å². The summed E-state index contributed by atoms with van der Waals surface area (Å²) in [5.74, 6) is 0.365. The number of hydrogen-bond donors (Lipinski definition) is 1. The Labute approximate surface area is 78.6 Å². The first-order chi connectivity index (χ1) is 6.74. The topological polar surface area (TPSA) is 81.0 Å². The molecule has 0 bridgehead atoms. The molecule has 2 rings (SSSR count). The van der Waals surface area contributed by atoms with E-state index in [4.69, 9.17) is 4.74 Å². The smallest absolute Gasteiger partial charge is 0.295 e. The van der Waals surface area contributed by atoms with E-state index in [2.05, 4.69) is 10.2 Å². The number of nitro benzene ring substituents is 1. The largest absolute Gasteiger partial charge is 0.479 e. The third-order valence-electron chi connectivity index (χ3n) is 1.93. The van der Waals surface area contributed by atoms with Gasteiger partial charge >= 0.3 is 0 Å². The molecular weight excluding hydrogens is 186 g/mol. The molecule has 72 valence electrons. The van der Waals surface area contributed by atoms with Crippen LogP contribution in [-0.2, 0) is 0 Å². The van der Waals surface area contributed by atoms with Crippen molar-refractivity contribution in [3.05, 3.63) is 28.3 Å². The standard InChI is InChI=1S/C8H7N3O3/c1-14-8-5-3-2-4-6(11(12)13)7(5)9-10-8/h2-4H,1H3,(H,9,10). The lowest BCUT2D eigenvalue weighted by Gasteiger charge is -1.93. The number of methoxy groups -OCH3 is 1. The lowest BCUT2D eigenvalue weighted by Crippen LogP contribution is -1.88. The molecule has 6 heteroatoms. The number of fused-ring (bicyclic) bond motifs is 1. The van der Waals surface area contributed by atoms with Crippen LogP contribution in [0.15, 0.2) is 18.2 Å². The van der Waals surface area contributed by atoms with Crippen molar-refractivity contribution in [2.75, 3.05) is 7.11 Å². The molecule has 14 heavy (non-hydrogen) atoms. The summed E-state index contributed by atoms with van der Waals surface area (Å²) < 4.78 is 4.94. The molecule has 1 N–H and O–H groups in total. The van der Waals surface area contributed by atoms with Crippen LogP contribution in [0.2, 0.25) is 0 Å². The molecule has 2 aromatic rings. The Morgan fingerprint density at radius 1 is 1.57 bits per heavy atom. The van der Waals surface area contributed by atoms with Crippen LogP contribution in [0.3, 0.4) is 0 Å². The number of nitrogens with zero attached hydrogens (tertiary/aromatic N) is 2. The van der Waals surface area contributed by atoms with Crippen LogP contribution >= 0.6 is 0 Å². The van der Waals surface area contributed by atoms with Gasteiger partial charge in [0.15, 0.2) is 0 Å². The number of nitrogens with one attached hydrogen (secondary N) is 1. The summed E-state index contributed by atoms with van der Waals surface area (Å²) in [4.78, 5) is 10.2. The zero-order valence-corrected chi connectivity index (χ0v) is 7.35. The maximum Gasteiger partial charge on any atom is 0.295 e. The average molecular weight is 193 g/mol. The van der Waals surface area contributed by atoms with Gasteiger partial charge in [-0.2, -0.15) is 0 Å². The first-order valence-electron chi connectivity index (χ1n) is 3.89. The maximum atomic E-state index is 10.6. The van der Waals surface area contributed by atoms with Crippen molar-refractivity contribution in [2.45, 2.75) is 0 Å². The van der Waals surface area contributed by atoms with E-state index < -0.39 is 4.92 Å². The Morgan fingerprint density at radius 2 is 2.36 bits per heavy atom. The molecule has 0 saturated carbocycles. The van der Waals surface area contributed by atoms with Gasteiger partial charge in [-0.3, -0.25) is 15.2 Å². The molecule has 1 heterocycles. The first kappa shape index (κ1) is 8.49. The predicted octanol–water partition coefficient (Wildman–Crippen LogP) is 1.48. The van der Waals surface area contributed by atoms with Gasteiger partial charge in [0.1, 0.15) is 5.52 Å². The summed E-state index contributed by atoms with van der Waals surface area (Å²) in [7, 11) is 1.47. The highest BCUT2D eigenvalue weighted by molar-refractivity contribution is 5.90. The van der Waals surface area contributed by atoms with E-state index in [9.17, 15) is 10.1 Å². The summed E-state index contributed by atoms with van der Waals surface area (Å²) in [6, 6.07) is 4.73. The second kappa shape index (κ2) is 2.99. The van der Waals surface area contributed by atoms with E-state index in [1.54, 1.807) is 12.1 Å². The third-order valence-corrected chi connectivity index (χ3v) is 1.93. The van der Waals surface area contributed by atoms with E-state index >= 15 is 0 Å². The van der Waals surface area contributed by atoms with Gasteiger partial charge in [0, 0.05) is 6.07 Å². The molecule has 0 aliphatic carbocycles. The third kappa shape index (κ3) is 1.08. The highest BCUT2D eigenvalue weighted by Gasteiger charge is 2.15. The quantitative estimate of drug-likeness (QED) is 0.578. The van der Waals surface area contributed by atoms with E-state index in [0.29, 0.717) is 16.8 Å². The average Bonchev–Trinajstić information content (AvgIpc) is 2.59. The summed E-state index contributed by atoms with van der Waals surface area (Å²) in [5.41, 5.74) is 0.382. The minimum absolute atomic E-state index is 0.00157. The lowest BCUT2D eigenvalue weighted by molar-refractivity contribution is -0.383. The minimum atomic E-state index is -0.458. The van der Waals surface area contributed by atoms with Gasteiger partial charge < -0.3 is 4.74 Å². The number of nitro groups is 1. The van der Waals surface area contributed by atoms with Crippen molar-refractivity contribution in [2.24, 2.45) is 0 Å². The molecule has 1 aromatic carbocycles. The first-order valence-corrected chi connectivity index (χ1v) is 3.89. The zero-order chi connectivity index (χ0) is 10.1. The van der Waals surface area contributed by atoms with Crippen molar-refractivity contribution in [1.82, 2.24) is 10.2 Å². The fourth-order valence-corrected chi connectivity index (χ4v) is 1.31. The van der Waals surface area contributed by atoms with E-state index in [-0.39, 0.29) is 5.69 Å². The van der Waals surface area contributed by atoms with Crippen LogP contribution in [0.5, 0.6) is 5.88 Å². The highest BCUT2D eigenvalue weighted by Crippen LogP contribution is 2.28. The van der Waals surface area contributed by atoms with Gasteiger partial charge in [0.05, 0.1) is 17.4 Å². The molecule has 0 aliphatic heterocycles. The van der Waals surface area contributed by atoms with Crippen LogP contribution < -0.4 is 4.74 Å². The fraction of sp³-hybridized carbons (Fsp3) is 0.125. The van der Waals surface area contributed by atoms with Gasteiger partial charge in [0.25, 0.3) is 5.69 Å². The zero-order valence-electron chi connectivity index (χ0n) is 7.35. The SMILES string of the molecule is COc1n[nH]c2c([N+](=O)[O-])cccc12. The number of benzene rings is 1. The molecule has 1 aromatic heterocycles. The molecular formula is C8H7N3O3. The number of non-ortho nitro benzene ring substituents is 1. The Balaban J connectivity index is 2.76. The molecule has 0 spiro atoms. The van der Waals surface area contributed by atoms with Gasteiger partial charge in [-0.25, -0.2) is 0 Å². The van der Waals surface area contributed by atoms with Crippen molar-refractivity contribution < 1.29 is 9.66 Å². The van der Waals surface area contributed by atoms with Crippen LogP contribution in [0.1, 0.15) is 0 Å². The molecule has 0 saturated heterocycles. The predicted molar refractivity (Wildman–Crippen MR) is 49.3 cm³/mol. The number of H-pyrrole nitrogens is 1. The van der Waals surface area contributed by atoms with Gasteiger partial charge in [-0.1, -0.05) is 6.07 Å². The molecule has 0 radical (unpaired) electrons. The number of hydrogen-bond acceptors (Lipinski definition) is 4. The monoisotopic (exact) mass is 193 g/mol. The van der Waals surface area contributed by atoms with Crippen LogP contribution in [0, 0.1) is 10.1 Å². The van der Waals surface area contributed by atoms with Gasteiger partial charge in [-0.05, 0) is 6.07 Å². The number of aromatic nitrogens is 2. The maximum absolute atomic E-state index is 10.6. The minimum Gasteiger partial charge on any atom is -0.479 e. The second-order valence-corrected chi connectivity index (χ2v) is 2.69. The molecule has 0 fully saturated rings. The number of rotatable bonds is 2. The molecule has 6 nitrogen and oxygen atoms in total. The number of aromatic amines is 1. The Bertz CT molecular complexity index is 492. The summed E-state index contributed by atoms with van der Waals surface area (Å²) in [5, 5.41) is 17.6.